The highest BCUT2D eigenvalue weighted by Gasteiger charge is 2.18. The van der Waals surface area contributed by atoms with Crippen LogP contribution in [0.5, 0.6) is 11.5 Å². The van der Waals surface area contributed by atoms with Crippen LogP contribution in [0.3, 0.4) is 0 Å². The van der Waals surface area contributed by atoms with Gasteiger partial charge < -0.3 is 19.2 Å². The molecule has 3 heterocycles. The fourth-order valence-electron chi connectivity index (χ4n) is 3.24. The summed E-state index contributed by atoms with van der Waals surface area (Å²) in [4.78, 5) is 12.5. The number of halogens is 1. The van der Waals surface area contributed by atoms with E-state index in [1.165, 1.54) is 11.8 Å². The topological polar surface area (TPSA) is 91.4 Å². The number of nitrogens with zero attached hydrogens (tertiary/aromatic N) is 3. The van der Waals surface area contributed by atoms with Crippen molar-refractivity contribution in [2.45, 2.75) is 11.7 Å². The zero-order valence-corrected chi connectivity index (χ0v) is 18.2. The second kappa shape index (κ2) is 8.97. The Morgan fingerprint density at radius 1 is 1.09 bits per heavy atom. The number of carbonyl (C=O) groups excluding carboxylic acids is 1. The average Bonchev–Trinajstić information content (AvgIpc) is 3.54. The van der Waals surface area contributed by atoms with E-state index in [2.05, 4.69) is 15.5 Å². The summed E-state index contributed by atoms with van der Waals surface area (Å²) in [6.07, 6.45) is 1.62. The number of furan rings is 1. The smallest absolute Gasteiger partial charge is 0.234 e. The number of anilines is 1. The van der Waals surface area contributed by atoms with Gasteiger partial charge in [0.2, 0.25) is 12.7 Å². The van der Waals surface area contributed by atoms with Crippen LogP contribution in [0.2, 0.25) is 5.02 Å². The van der Waals surface area contributed by atoms with Crippen molar-refractivity contribution < 1.29 is 18.7 Å². The van der Waals surface area contributed by atoms with Crippen molar-refractivity contribution in [1.29, 1.82) is 0 Å². The van der Waals surface area contributed by atoms with Gasteiger partial charge in [-0.1, -0.05) is 35.5 Å². The molecule has 5 rings (SSSR count). The van der Waals surface area contributed by atoms with E-state index in [0.29, 0.717) is 39.7 Å². The standard InChI is InChI=1S/C22H17ClN4O4S/c23-15-4-1-3-14(9-15)21-25-26-22(27(21)11-17-5-2-8-29-17)32-12-20(28)24-16-6-7-18-19(10-16)31-13-30-18/h1-10H,11-13H2,(H,24,28). The minimum absolute atomic E-state index is 0.153. The molecule has 0 radical (unpaired) electrons. The molecule has 2 aromatic heterocycles. The lowest BCUT2D eigenvalue weighted by Gasteiger charge is -2.09. The lowest BCUT2D eigenvalue weighted by molar-refractivity contribution is -0.113. The van der Waals surface area contributed by atoms with Crippen LogP contribution in [-0.4, -0.2) is 33.2 Å². The molecule has 4 aromatic rings. The van der Waals surface area contributed by atoms with Gasteiger partial charge in [-0.2, -0.15) is 0 Å². The summed E-state index contributed by atoms with van der Waals surface area (Å²) in [5, 5.41) is 12.7. The zero-order chi connectivity index (χ0) is 21.9. The van der Waals surface area contributed by atoms with Crippen LogP contribution in [0.1, 0.15) is 5.76 Å². The first-order valence-corrected chi connectivity index (χ1v) is 11.1. The number of benzene rings is 2. The van der Waals surface area contributed by atoms with Gasteiger partial charge in [-0.3, -0.25) is 9.36 Å². The lowest BCUT2D eigenvalue weighted by Crippen LogP contribution is -2.14. The van der Waals surface area contributed by atoms with E-state index in [1.54, 1.807) is 30.5 Å². The van der Waals surface area contributed by atoms with E-state index in [-0.39, 0.29) is 18.5 Å². The minimum atomic E-state index is -0.175. The maximum Gasteiger partial charge on any atom is 0.234 e. The van der Waals surface area contributed by atoms with Gasteiger partial charge >= 0.3 is 0 Å². The van der Waals surface area contributed by atoms with Crippen molar-refractivity contribution in [3.05, 3.63) is 71.6 Å². The Bertz CT molecular complexity index is 1260. The largest absolute Gasteiger partial charge is 0.467 e. The van der Waals surface area contributed by atoms with E-state index < -0.39 is 0 Å². The Hall–Kier alpha value is -3.43. The first-order valence-electron chi connectivity index (χ1n) is 9.69. The monoisotopic (exact) mass is 468 g/mol. The molecule has 0 fully saturated rings. The number of nitrogens with one attached hydrogen (secondary N) is 1. The molecule has 32 heavy (non-hydrogen) atoms. The number of ether oxygens (including phenoxy) is 2. The van der Waals surface area contributed by atoms with Gasteiger partial charge in [-0.15, -0.1) is 10.2 Å². The van der Waals surface area contributed by atoms with Crippen LogP contribution < -0.4 is 14.8 Å². The van der Waals surface area contributed by atoms with E-state index in [0.717, 1.165) is 11.3 Å². The first-order chi connectivity index (χ1) is 15.7. The summed E-state index contributed by atoms with van der Waals surface area (Å²) in [6, 6.07) is 16.4. The van der Waals surface area contributed by atoms with Crippen LogP contribution in [-0.2, 0) is 11.3 Å². The Kier molecular flexibility index (Phi) is 5.74. The Balaban J connectivity index is 1.33. The summed E-state index contributed by atoms with van der Waals surface area (Å²) in [5.41, 5.74) is 1.46. The number of thioether (sulfide) groups is 1. The molecule has 1 amide bonds. The number of carbonyl (C=O) groups is 1. The third kappa shape index (κ3) is 4.44. The highest BCUT2D eigenvalue weighted by molar-refractivity contribution is 7.99. The van der Waals surface area contributed by atoms with Crippen LogP contribution in [0.15, 0.2) is 70.4 Å². The van der Waals surface area contributed by atoms with Gasteiger partial charge in [-0.05, 0) is 36.4 Å². The van der Waals surface area contributed by atoms with Crippen molar-refractivity contribution >= 4 is 35.0 Å². The molecule has 0 bridgehead atoms. The zero-order valence-electron chi connectivity index (χ0n) is 16.7. The van der Waals surface area contributed by atoms with Gasteiger partial charge in [0.25, 0.3) is 0 Å². The van der Waals surface area contributed by atoms with E-state index in [9.17, 15) is 4.79 Å². The highest BCUT2D eigenvalue weighted by atomic mass is 35.5. The minimum Gasteiger partial charge on any atom is -0.467 e. The van der Waals surface area contributed by atoms with Gasteiger partial charge in [-0.25, -0.2) is 0 Å². The maximum absolute atomic E-state index is 12.5. The molecule has 10 heteroatoms. The van der Waals surface area contributed by atoms with Crippen LogP contribution in [0.4, 0.5) is 5.69 Å². The number of hydrogen-bond acceptors (Lipinski definition) is 7. The molecule has 1 N–H and O–H groups in total. The molecule has 0 aliphatic carbocycles. The molecular formula is C22H17ClN4O4S. The summed E-state index contributed by atoms with van der Waals surface area (Å²) in [6.45, 7) is 0.608. The molecule has 0 saturated heterocycles. The van der Waals surface area contributed by atoms with Gasteiger partial charge in [0.1, 0.15) is 5.76 Å². The molecule has 1 aliphatic rings. The number of rotatable bonds is 7. The normalized spacial score (nSPS) is 12.2. The first kappa shape index (κ1) is 20.5. The predicted molar refractivity (Wildman–Crippen MR) is 120 cm³/mol. The van der Waals surface area contributed by atoms with E-state index >= 15 is 0 Å². The number of fused-ring (bicyclic) bond motifs is 1. The summed E-state index contributed by atoms with van der Waals surface area (Å²) in [5.74, 6) is 2.64. The molecule has 0 spiro atoms. The quantitative estimate of drug-likeness (QED) is 0.393. The lowest BCUT2D eigenvalue weighted by atomic mass is 10.2. The summed E-state index contributed by atoms with van der Waals surface area (Å²) < 4.78 is 18.1. The molecule has 0 saturated carbocycles. The Labute approximate surface area is 192 Å². The maximum atomic E-state index is 12.5. The van der Waals surface area contributed by atoms with Gasteiger partial charge in [0.05, 0.1) is 18.6 Å². The van der Waals surface area contributed by atoms with Crippen molar-refractivity contribution in [1.82, 2.24) is 14.8 Å². The Morgan fingerprint density at radius 2 is 2.00 bits per heavy atom. The molecule has 2 aromatic carbocycles. The molecule has 162 valence electrons. The second-order valence-electron chi connectivity index (χ2n) is 6.89. The molecule has 1 aliphatic heterocycles. The van der Waals surface area contributed by atoms with Crippen molar-refractivity contribution in [3.8, 4) is 22.9 Å². The third-order valence-electron chi connectivity index (χ3n) is 4.68. The van der Waals surface area contributed by atoms with E-state index in [4.69, 9.17) is 25.5 Å². The fourth-order valence-corrected chi connectivity index (χ4v) is 4.17. The number of aromatic nitrogens is 3. The van der Waals surface area contributed by atoms with Crippen LogP contribution in [0, 0.1) is 0 Å². The van der Waals surface area contributed by atoms with E-state index in [1.807, 2.05) is 34.9 Å². The van der Waals surface area contributed by atoms with Crippen molar-refractivity contribution in [3.63, 3.8) is 0 Å². The molecule has 8 nitrogen and oxygen atoms in total. The van der Waals surface area contributed by atoms with Crippen LogP contribution >= 0.6 is 23.4 Å². The fraction of sp³-hybridized carbons (Fsp3) is 0.136. The molecule has 0 atom stereocenters. The molecular weight excluding hydrogens is 452 g/mol. The van der Waals surface area contributed by atoms with Gasteiger partial charge in [0.15, 0.2) is 22.5 Å². The van der Waals surface area contributed by atoms with Crippen molar-refractivity contribution in [2.24, 2.45) is 0 Å². The molecule has 0 unspecified atom stereocenters. The average molecular weight is 469 g/mol. The SMILES string of the molecule is O=C(CSc1nnc(-c2cccc(Cl)c2)n1Cc1ccco1)Nc1ccc2c(c1)OCO2. The van der Waals surface area contributed by atoms with Crippen LogP contribution in [0.25, 0.3) is 11.4 Å². The van der Waals surface area contributed by atoms with Crippen molar-refractivity contribution in [2.75, 3.05) is 17.9 Å². The third-order valence-corrected chi connectivity index (χ3v) is 5.88. The highest BCUT2D eigenvalue weighted by Crippen LogP contribution is 2.34. The van der Waals surface area contributed by atoms with Gasteiger partial charge in [0, 0.05) is 22.3 Å². The number of hydrogen-bond donors (Lipinski definition) is 1. The predicted octanol–water partition coefficient (Wildman–Crippen LogP) is 4.70. The number of amides is 1. The second-order valence-corrected chi connectivity index (χ2v) is 8.27. The Morgan fingerprint density at radius 3 is 2.84 bits per heavy atom. The summed E-state index contributed by atoms with van der Waals surface area (Å²) in [7, 11) is 0. The summed E-state index contributed by atoms with van der Waals surface area (Å²) >= 11 is 7.45.